The molecule has 2 N–H and O–H groups in total. The third kappa shape index (κ3) is 2.99. The number of nitrogens with zero attached hydrogens (tertiary/aromatic N) is 1. The van der Waals surface area contributed by atoms with E-state index in [9.17, 15) is 4.79 Å². The van der Waals surface area contributed by atoms with Crippen LogP contribution in [-0.4, -0.2) is 23.0 Å². The van der Waals surface area contributed by atoms with Crippen LogP contribution >= 0.6 is 11.3 Å². The third-order valence-electron chi connectivity index (χ3n) is 3.95. The van der Waals surface area contributed by atoms with Crippen molar-refractivity contribution >= 4 is 39.7 Å². The first kappa shape index (κ1) is 15.4. The predicted octanol–water partition coefficient (Wildman–Crippen LogP) is 4.82. The van der Waals surface area contributed by atoms with Crippen LogP contribution in [0.2, 0.25) is 0 Å². The van der Waals surface area contributed by atoms with Gasteiger partial charge in [-0.1, -0.05) is 0 Å². The summed E-state index contributed by atoms with van der Waals surface area (Å²) in [5.41, 5.74) is 4.61. The molecule has 25 heavy (non-hydrogen) atoms. The first-order valence-electron chi connectivity index (χ1n) is 7.70. The van der Waals surface area contributed by atoms with Crippen molar-refractivity contribution < 1.29 is 9.53 Å². The Kier molecular flexibility index (Phi) is 3.95. The van der Waals surface area contributed by atoms with Crippen molar-refractivity contribution in [1.82, 2.24) is 9.97 Å². The molecule has 0 bridgehead atoms. The molecular formula is C19H15N3O2S. The lowest BCUT2D eigenvalue weighted by atomic mass is 10.2. The second-order valence-electron chi connectivity index (χ2n) is 5.51. The number of pyridine rings is 1. The molecule has 1 aromatic carbocycles. The minimum atomic E-state index is -0.349. The Bertz CT molecular complexity index is 1020. The highest BCUT2D eigenvalue weighted by Crippen LogP contribution is 2.30. The number of fused-ring (bicyclic) bond motifs is 1. The first-order valence-corrected chi connectivity index (χ1v) is 8.64. The van der Waals surface area contributed by atoms with Gasteiger partial charge in [-0.3, -0.25) is 0 Å². The highest BCUT2D eigenvalue weighted by Gasteiger charge is 2.10. The molecule has 4 aromatic rings. The summed E-state index contributed by atoms with van der Waals surface area (Å²) in [6.07, 6.45) is 1.77. The van der Waals surface area contributed by atoms with Gasteiger partial charge in [-0.15, -0.1) is 0 Å². The number of rotatable bonds is 4. The molecule has 0 atom stereocenters. The number of hydrogen-bond acceptors (Lipinski definition) is 5. The number of carbonyl (C=O) groups is 1. The van der Waals surface area contributed by atoms with Crippen LogP contribution in [0.25, 0.3) is 22.2 Å². The standard InChI is InChI=1S/C19H15N3O2S/c1-24-19(23)12-2-4-14(5-3-12)21-18-15-10-17(13-7-9-25-11-13)22-16(15)6-8-20-18/h2-11,22H,1H3,(H,20,21). The summed E-state index contributed by atoms with van der Waals surface area (Å²) >= 11 is 1.67. The molecule has 0 fully saturated rings. The van der Waals surface area contributed by atoms with E-state index in [1.54, 1.807) is 29.7 Å². The molecular weight excluding hydrogens is 334 g/mol. The number of carbonyl (C=O) groups excluding carboxylic acids is 1. The number of aromatic nitrogens is 2. The molecule has 0 unspecified atom stereocenters. The maximum absolute atomic E-state index is 11.5. The molecule has 0 saturated heterocycles. The Hall–Kier alpha value is -3.12. The lowest BCUT2D eigenvalue weighted by molar-refractivity contribution is 0.0601. The van der Waals surface area contributed by atoms with Crippen LogP contribution in [0.5, 0.6) is 0 Å². The van der Waals surface area contributed by atoms with Crippen LogP contribution in [0.3, 0.4) is 0 Å². The summed E-state index contributed by atoms with van der Waals surface area (Å²) in [5.74, 6) is 0.416. The topological polar surface area (TPSA) is 67.0 Å². The van der Waals surface area contributed by atoms with Crippen molar-refractivity contribution in [1.29, 1.82) is 0 Å². The summed E-state index contributed by atoms with van der Waals surface area (Å²) in [5, 5.41) is 8.49. The number of benzene rings is 1. The van der Waals surface area contributed by atoms with Crippen molar-refractivity contribution in [2.45, 2.75) is 0 Å². The Morgan fingerprint density at radius 3 is 2.76 bits per heavy atom. The minimum absolute atomic E-state index is 0.349. The van der Waals surface area contributed by atoms with E-state index < -0.39 is 0 Å². The van der Waals surface area contributed by atoms with Crippen molar-refractivity contribution in [2.24, 2.45) is 0 Å². The number of methoxy groups -OCH3 is 1. The second kappa shape index (κ2) is 6.41. The van der Waals surface area contributed by atoms with E-state index in [-0.39, 0.29) is 5.97 Å². The van der Waals surface area contributed by atoms with Gasteiger partial charge in [-0.2, -0.15) is 11.3 Å². The van der Waals surface area contributed by atoms with Gasteiger partial charge in [0.05, 0.1) is 18.2 Å². The average Bonchev–Trinajstić information content (AvgIpc) is 3.31. The fourth-order valence-corrected chi connectivity index (χ4v) is 3.33. The maximum atomic E-state index is 11.5. The quantitative estimate of drug-likeness (QED) is 0.518. The van der Waals surface area contributed by atoms with Gasteiger partial charge in [0, 0.05) is 33.9 Å². The van der Waals surface area contributed by atoms with Gasteiger partial charge in [0.15, 0.2) is 0 Å². The van der Waals surface area contributed by atoms with E-state index in [4.69, 9.17) is 4.74 Å². The average molecular weight is 349 g/mol. The van der Waals surface area contributed by atoms with Crippen molar-refractivity contribution in [2.75, 3.05) is 12.4 Å². The van der Waals surface area contributed by atoms with Crippen LogP contribution in [0, 0.1) is 0 Å². The summed E-state index contributed by atoms with van der Waals surface area (Å²) in [4.78, 5) is 19.4. The van der Waals surface area contributed by atoms with E-state index in [1.807, 2.05) is 18.2 Å². The van der Waals surface area contributed by atoms with Gasteiger partial charge in [0.1, 0.15) is 5.82 Å². The highest BCUT2D eigenvalue weighted by molar-refractivity contribution is 7.08. The molecule has 0 radical (unpaired) electrons. The Morgan fingerprint density at radius 1 is 1.20 bits per heavy atom. The van der Waals surface area contributed by atoms with Crippen LogP contribution in [0.1, 0.15) is 10.4 Å². The number of anilines is 2. The number of thiophene rings is 1. The number of hydrogen-bond donors (Lipinski definition) is 2. The van der Waals surface area contributed by atoms with Gasteiger partial charge < -0.3 is 15.0 Å². The first-order chi connectivity index (χ1) is 12.2. The molecule has 6 heteroatoms. The van der Waals surface area contributed by atoms with E-state index >= 15 is 0 Å². The van der Waals surface area contributed by atoms with Crippen molar-refractivity contribution in [3.05, 3.63) is 65.0 Å². The van der Waals surface area contributed by atoms with Crippen LogP contribution in [-0.2, 0) is 4.74 Å². The molecule has 0 aliphatic carbocycles. The van der Waals surface area contributed by atoms with E-state index in [1.165, 1.54) is 7.11 Å². The van der Waals surface area contributed by atoms with Crippen molar-refractivity contribution in [3.8, 4) is 11.3 Å². The number of esters is 1. The molecule has 0 spiro atoms. The minimum Gasteiger partial charge on any atom is -0.465 e. The fourth-order valence-electron chi connectivity index (χ4n) is 2.67. The number of aromatic amines is 1. The summed E-state index contributed by atoms with van der Waals surface area (Å²) in [7, 11) is 1.37. The zero-order valence-corrected chi connectivity index (χ0v) is 14.3. The van der Waals surface area contributed by atoms with Gasteiger partial charge in [0.2, 0.25) is 0 Å². The van der Waals surface area contributed by atoms with E-state index in [2.05, 4.69) is 38.2 Å². The molecule has 5 nitrogen and oxygen atoms in total. The maximum Gasteiger partial charge on any atom is 0.337 e. The number of ether oxygens (including phenoxy) is 1. The van der Waals surface area contributed by atoms with Crippen LogP contribution in [0.4, 0.5) is 11.5 Å². The lowest BCUT2D eigenvalue weighted by Gasteiger charge is -2.07. The summed E-state index contributed by atoms with van der Waals surface area (Å²) in [6.45, 7) is 0. The monoisotopic (exact) mass is 349 g/mol. The predicted molar refractivity (Wildman–Crippen MR) is 100 cm³/mol. The SMILES string of the molecule is COC(=O)c1ccc(Nc2nccc3[nH]c(-c4ccsc4)cc23)cc1. The molecule has 0 aliphatic heterocycles. The van der Waals surface area contributed by atoms with Gasteiger partial charge >= 0.3 is 5.97 Å². The largest absolute Gasteiger partial charge is 0.465 e. The Balaban J connectivity index is 1.66. The zero-order chi connectivity index (χ0) is 17.2. The normalized spacial score (nSPS) is 10.8. The fraction of sp³-hybridized carbons (Fsp3) is 0.0526. The molecule has 0 aliphatic rings. The molecule has 3 aromatic heterocycles. The molecule has 0 amide bonds. The molecule has 0 saturated carbocycles. The van der Waals surface area contributed by atoms with Gasteiger partial charge in [-0.05, 0) is 47.8 Å². The number of H-pyrrole nitrogens is 1. The summed E-state index contributed by atoms with van der Waals surface area (Å²) < 4.78 is 4.72. The van der Waals surface area contributed by atoms with Crippen LogP contribution < -0.4 is 5.32 Å². The van der Waals surface area contributed by atoms with E-state index in [0.29, 0.717) is 5.56 Å². The Labute approximate surface area is 148 Å². The van der Waals surface area contributed by atoms with E-state index in [0.717, 1.165) is 33.7 Å². The molecule has 4 rings (SSSR count). The third-order valence-corrected chi connectivity index (χ3v) is 4.63. The lowest BCUT2D eigenvalue weighted by Crippen LogP contribution is -2.01. The van der Waals surface area contributed by atoms with Crippen LogP contribution in [0.15, 0.2) is 59.4 Å². The summed E-state index contributed by atoms with van der Waals surface area (Å²) in [6, 6.07) is 13.2. The smallest absolute Gasteiger partial charge is 0.337 e. The molecule has 124 valence electrons. The zero-order valence-electron chi connectivity index (χ0n) is 13.4. The second-order valence-corrected chi connectivity index (χ2v) is 6.29. The highest BCUT2D eigenvalue weighted by atomic mass is 32.1. The van der Waals surface area contributed by atoms with Crippen molar-refractivity contribution in [3.63, 3.8) is 0 Å². The number of nitrogens with one attached hydrogen (secondary N) is 2. The molecule has 3 heterocycles. The van der Waals surface area contributed by atoms with Gasteiger partial charge in [-0.25, -0.2) is 9.78 Å². The van der Waals surface area contributed by atoms with Gasteiger partial charge in [0.25, 0.3) is 0 Å². The Morgan fingerprint density at radius 2 is 2.04 bits per heavy atom.